The second-order valence-electron chi connectivity index (χ2n) is 9.41. The minimum atomic E-state index is -0.444. The fourth-order valence-corrected chi connectivity index (χ4v) is 5.29. The number of nitrogens with zero attached hydrogens (tertiary/aromatic N) is 1. The molecule has 2 N–H and O–H groups in total. The van der Waals surface area contributed by atoms with Crippen molar-refractivity contribution >= 4 is 22.7 Å². The fourth-order valence-electron chi connectivity index (χ4n) is 5.02. The van der Waals surface area contributed by atoms with E-state index in [2.05, 4.69) is 4.90 Å². The summed E-state index contributed by atoms with van der Waals surface area (Å²) in [5, 5.41) is 20.4. The highest BCUT2D eigenvalue weighted by Crippen LogP contribution is 2.49. The summed E-state index contributed by atoms with van der Waals surface area (Å²) in [5.74, 6) is 1.82. The van der Waals surface area contributed by atoms with Crippen LogP contribution in [0.15, 0.2) is 60.7 Å². The zero-order chi connectivity index (χ0) is 25.2. The van der Waals surface area contributed by atoms with E-state index in [0.717, 1.165) is 59.6 Å². The minimum Gasteiger partial charge on any atom is -0.508 e. The van der Waals surface area contributed by atoms with E-state index in [-0.39, 0.29) is 24.1 Å². The molecule has 0 aliphatic carbocycles. The zero-order valence-corrected chi connectivity index (χ0v) is 20.8. The van der Waals surface area contributed by atoms with Gasteiger partial charge in [0.15, 0.2) is 0 Å². The van der Waals surface area contributed by atoms with Gasteiger partial charge >= 0.3 is 0 Å². The maximum absolute atomic E-state index is 12.8. The molecule has 5 rings (SSSR count). The quantitative estimate of drug-likeness (QED) is 0.381. The molecule has 36 heavy (non-hydrogen) atoms. The topological polar surface area (TPSA) is 62.2 Å². The molecular formula is C29H29ClFNO4. The van der Waals surface area contributed by atoms with E-state index in [1.165, 1.54) is 6.07 Å². The van der Waals surface area contributed by atoms with Gasteiger partial charge < -0.3 is 19.7 Å². The lowest BCUT2D eigenvalue weighted by molar-refractivity contribution is 0.228. The van der Waals surface area contributed by atoms with Crippen molar-refractivity contribution in [1.82, 2.24) is 4.90 Å². The van der Waals surface area contributed by atoms with Crippen molar-refractivity contribution in [2.45, 2.75) is 19.4 Å². The van der Waals surface area contributed by atoms with Crippen LogP contribution in [0.3, 0.4) is 0 Å². The van der Waals surface area contributed by atoms with Gasteiger partial charge in [-0.15, -0.1) is 0 Å². The van der Waals surface area contributed by atoms with Crippen molar-refractivity contribution in [3.05, 3.63) is 82.4 Å². The highest BCUT2D eigenvalue weighted by molar-refractivity contribution is 6.33. The predicted octanol–water partition coefficient (Wildman–Crippen LogP) is 6.49. The summed E-state index contributed by atoms with van der Waals surface area (Å²) in [4.78, 5) is 2.24. The van der Waals surface area contributed by atoms with E-state index in [1.54, 1.807) is 30.3 Å². The molecular weight excluding hydrogens is 481 g/mol. The van der Waals surface area contributed by atoms with Crippen LogP contribution in [-0.2, 0) is 0 Å². The van der Waals surface area contributed by atoms with Crippen LogP contribution in [0.25, 0.3) is 11.1 Å². The van der Waals surface area contributed by atoms with Gasteiger partial charge in [-0.2, -0.15) is 0 Å². The molecule has 0 amide bonds. The highest BCUT2D eigenvalue weighted by atomic mass is 35.5. The maximum Gasteiger partial charge on any atom is 0.150 e. The molecule has 0 saturated carbocycles. The van der Waals surface area contributed by atoms with E-state index < -0.39 is 6.10 Å². The predicted molar refractivity (Wildman–Crippen MR) is 140 cm³/mol. The van der Waals surface area contributed by atoms with Gasteiger partial charge in [0.05, 0.1) is 11.7 Å². The number of ether oxygens (including phenoxy) is 2. The number of likely N-dealkylation sites (tertiary alicyclic amines) is 1. The normalized spacial score (nSPS) is 19.8. The van der Waals surface area contributed by atoms with Crippen LogP contribution in [0.1, 0.15) is 36.1 Å². The van der Waals surface area contributed by atoms with Crippen molar-refractivity contribution in [2.75, 3.05) is 32.9 Å². The Morgan fingerprint density at radius 3 is 2.50 bits per heavy atom. The number of aromatic hydroxyl groups is 2. The average Bonchev–Trinajstić information content (AvgIpc) is 3.33. The number of rotatable bonds is 7. The van der Waals surface area contributed by atoms with Crippen LogP contribution in [-0.4, -0.2) is 48.0 Å². The Hall–Kier alpha value is -3.22. The molecule has 2 aliphatic heterocycles. The largest absolute Gasteiger partial charge is 0.508 e. The summed E-state index contributed by atoms with van der Waals surface area (Å²) in [6, 6.07) is 17.7. The third kappa shape index (κ3) is 5.01. The number of benzene rings is 3. The highest BCUT2D eigenvalue weighted by Gasteiger charge is 2.31. The number of hydrogen-bond acceptors (Lipinski definition) is 5. The first-order chi connectivity index (χ1) is 17.4. The molecule has 5 nitrogen and oxygen atoms in total. The Morgan fingerprint density at radius 2 is 1.78 bits per heavy atom. The lowest BCUT2D eigenvalue weighted by Crippen LogP contribution is -2.26. The number of fused-ring (bicyclic) bond motifs is 1. The van der Waals surface area contributed by atoms with E-state index in [1.807, 2.05) is 31.2 Å². The van der Waals surface area contributed by atoms with Crippen LogP contribution in [0.4, 0.5) is 4.39 Å². The molecule has 0 spiro atoms. The van der Waals surface area contributed by atoms with Crippen LogP contribution in [0.2, 0.25) is 5.02 Å². The number of halogens is 2. The number of phenolic OH excluding ortho intramolecular Hbond substituents is 2. The summed E-state index contributed by atoms with van der Waals surface area (Å²) in [6.45, 7) is 4.77. The molecule has 2 heterocycles. The first kappa shape index (κ1) is 24.5. The smallest absolute Gasteiger partial charge is 0.150 e. The number of allylic oxidation sites excluding steroid dienone is 1. The first-order valence-electron chi connectivity index (χ1n) is 12.1. The molecule has 0 radical (unpaired) electrons. The van der Waals surface area contributed by atoms with Gasteiger partial charge in [0.25, 0.3) is 0 Å². The standard InChI is InChI=1S/C29H29ClFNO4/c1-18-25-14-21(33)5-9-27(25)36-29(28(18)24-8-4-22(34)15-26(24)30)20-2-6-23(7-3-20)35-13-12-32-11-10-19(16-31)17-32/h2-9,14-15,19,29,33-34H,10-13,16-17H2,1H3. The van der Waals surface area contributed by atoms with Gasteiger partial charge in [0.2, 0.25) is 0 Å². The number of hydrogen-bond donors (Lipinski definition) is 2. The van der Waals surface area contributed by atoms with Gasteiger partial charge in [-0.1, -0.05) is 23.7 Å². The molecule has 3 aromatic carbocycles. The SMILES string of the molecule is CC1=C(c2ccc(O)cc2Cl)C(c2ccc(OCCN3CCC(CF)C3)cc2)Oc2ccc(O)cc21. The number of phenols is 2. The molecule has 0 aromatic heterocycles. The van der Waals surface area contributed by atoms with E-state index >= 15 is 0 Å². The van der Waals surface area contributed by atoms with Crippen molar-refractivity contribution in [2.24, 2.45) is 5.92 Å². The van der Waals surface area contributed by atoms with Crippen LogP contribution in [0.5, 0.6) is 23.0 Å². The molecule has 2 atom stereocenters. The van der Waals surface area contributed by atoms with Crippen molar-refractivity contribution in [3.8, 4) is 23.0 Å². The molecule has 1 fully saturated rings. The molecule has 188 valence electrons. The van der Waals surface area contributed by atoms with Crippen molar-refractivity contribution in [1.29, 1.82) is 0 Å². The van der Waals surface area contributed by atoms with Gasteiger partial charge in [-0.05, 0) is 79.6 Å². The first-order valence-corrected chi connectivity index (χ1v) is 12.5. The Kier molecular flexibility index (Phi) is 7.08. The monoisotopic (exact) mass is 509 g/mol. The van der Waals surface area contributed by atoms with E-state index in [0.29, 0.717) is 17.4 Å². The van der Waals surface area contributed by atoms with Crippen LogP contribution in [0, 0.1) is 5.92 Å². The lowest BCUT2D eigenvalue weighted by Gasteiger charge is -2.31. The Morgan fingerprint density at radius 1 is 1.03 bits per heavy atom. The van der Waals surface area contributed by atoms with Gasteiger partial charge in [-0.3, -0.25) is 9.29 Å². The molecule has 1 saturated heterocycles. The molecule has 2 unspecified atom stereocenters. The van der Waals surface area contributed by atoms with Gasteiger partial charge in [0, 0.05) is 35.7 Å². The molecule has 2 aliphatic rings. The third-order valence-electron chi connectivity index (χ3n) is 6.97. The molecule has 0 bridgehead atoms. The van der Waals surface area contributed by atoms with Gasteiger partial charge in [0.1, 0.15) is 35.7 Å². The van der Waals surface area contributed by atoms with E-state index in [4.69, 9.17) is 21.1 Å². The van der Waals surface area contributed by atoms with Crippen molar-refractivity contribution < 1.29 is 24.1 Å². The van der Waals surface area contributed by atoms with Crippen LogP contribution >= 0.6 is 11.6 Å². The number of alkyl halides is 1. The van der Waals surface area contributed by atoms with Crippen molar-refractivity contribution in [3.63, 3.8) is 0 Å². The summed E-state index contributed by atoms with van der Waals surface area (Å²) >= 11 is 6.55. The van der Waals surface area contributed by atoms with Gasteiger partial charge in [-0.25, -0.2) is 0 Å². The summed E-state index contributed by atoms with van der Waals surface area (Å²) in [5.41, 5.74) is 4.26. The zero-order valence-electron chi connectivity index (χ0n) is 20.1. The lowest BCUT2D eigenvalue weighted by atomic mass is 9.86. The second kappa shape index (κ2) is 10.4. The third-order valence-corrected chi connectivity index (χ3v) is 7.28. The fraction of sp³-hybridized carbons (Fsp3) is 0.310. The summed E-state index contributed by atoms with van der Waals surface area (Å²) in [6.07, 6.45) is 0.468. The summed E-state index contributed by atoms with van der Waals surface area (Å²) in [7, 11) is 0. The Bertz CT molecular complexity index is 1280. The Balaban J connectivity index is 1.39. The average molecular weight is 510 g/mol. The molecule has 7 heteroatoms. The molecule has 3 aromatic rings. The Labute approximate surface area is 215 Å². The van der Waals surface area contributed by atoms with E-state index in [9.17, 15) is 14.6 Å². The summed E-state index contributed by atoms with van der Waals surface area (Å²) < 4.78 is 25.2. The minimum absolute atomic E-state index is 0.0870. The second-order valence-corrected chi connectivity index (χ2v) is 9.82. The maximum atomic E-state index is 12.8. The van der Waals surface area contributed by atoms with Crippen LogP contribution < -0.4 is 9.47 Å².